The van der Waals surface area contributed by atoms with Crippen LogP contribution in [0.15, 0.2) is 88.9 Å². The quantitative estimate of drug-likeness (QED) is 0.337. The SMILES string of the molecule is O=C1C(=O)N(c2cccc(Br)c2)[C@@H](c2cccc(F)c2)C1=C(O)c1ccccc1. The number of halogens is 2. The van der Waals surface area contributed by atoms with Crippen LogP contribution in [-0.4, -0.2) is 16.8 Å². The van der Waals surface area contributed by atoms with Crippen molar-refractivity contribution in [3.05, 3.63) is 106 Å². The molecule has 0 unspecified atom stereocenters. The molecule has 1 aliphatic rings. The molecule has 0 saturated carbocycles. The van der Waals surface area contributed by atoms with Gasteiger partial charge in [0.05, 0.1) is 11.6 Å². The zero-order chi connectivity index (χ0) is 20.5. The Morgan fingerprint density at radius 3 is 2.34 bits per heavy atom. The topological polar surface area (TPSA) is 57.6 Å². The normalized spacial score (nSPS) is 18.3. The molecule has 0 radical (unpaired) electrons. The fraction of sp³-hybridized carbons (Fsp3) is 0.0435. The van der Waals surface area contributed by atoms with Crippen molar-refractivity contribution in [2.45, 2.75) is 6.04 Å². The van der Waals surface area contributed by atoms with Crippen LogP contribution in [0.2, 0.25) is 0 Å². The van der Waals surface area contributed by atoms with E-state index in [0.717, 1.165) is 4.47 Å². The molecule has 0 aliphatic carbocycles. The van der Waals surface area contributed by atoms with Crippen molar-refractivity contribution in [3.63, 3.8) is 0 Å². The lowest BCUT2D eigenvalue weighted by Gasteiger charge is -2.25. The molecule has 1 fully saturated rings. The number of aliphatic hydroxyl groups excluding tert-OH is 1. The zero-order valence-corrected chi connectivity index (χ0v) is 16.6. The number of carbonyl (C=O) groups is 2. The van der Waals surface area contributed by atoms with E-state index in [9.17, 15) is 19.1 Å². The first kappa shape index (κ1) is 19.1. The summed E-state index contributed by atoms with van der Waals surface area (Å²) in [7, 11) is 0. The number of nitrogens with zero attached hydrogens (tertiary/aromatic N) is 1. The van der Waals surface area contributed by atoms with Crippen LogP contribution in [0.1, 0.15) is 17.2 Å². The van der Waals surface area contributed by atoms with Gasteiger partial charge in [-0.05, 0) is 35.9 Å². The van der Waals surface area contributed by atoms with Gasteiger partial charge in [0.1, 0.15) is 11.6 Å². The van der Waals surface area contributed by atoms with E-state index >= 15 is 0 Å². The molecule has 6 heteroatoms. The minimum atomic E-state index is -0.958. The number of ketones is 1. The molecule has 3 aromatic carbocycles. The summed E-state index contributed by atoms with van der Waals surface area (Å²) >= 11 is 3.37. The van der Waals surface area contributed by atoms with Gasteiger partial charge >= 0.3 is 0 Å². The van der Waals surface area contributed by atoms with Gasteiger partial charge in [0, 0.05) is 15.7 Å². The van der Waals surface area contributed by atoms with Crippen molar-refractivity contribution < 1.29 is 19.1 Å². The average Bonchev–Trinajstić information content (AvgIpc) is 2.99. The Balaban J connectivity index is 1.97. The van der Waals surface area contributed by atoms with Gasteiger partial charge in [-0.2, -0.15) is 0 Å². The Hall–Kier alpha value is -3.25. The maximum atomic E-state index is 14.0. The van der Waals surface area contributed by atoms with E-state index in [4.69, 9.17) is 0 Å². The first-order valence-electron chi connectivity index (χ1n) is 8.85. The monoisotopic (exact) mass is 451 g/mol. The van der Waals surface area contributed by atoms with Crippen molar-refractivity contribution in [2.75, 3.05) is 4.90 Å². The van der Waals surface area contributed by atoms with E-state index in [-0.39, 0.29) is 11.3 Å². The summed E-state index contributed by atoms with van der Waals surface area (Å²) in [5.41, 5.74) is 1.18. The molecule has 0 aromatic heterocycles. The highest BCUT2D eigenvalue weighted by atomic mass is 79.9. The van der Waals surface area contributed by atoms with Gasteiger partial charge in [0.15, 0.2) is 0 Å². The minimum absolute atomic E-state index is 0.0771. The van der Waals surface area contributed by atoms with E-state index in [1.165, 1.54) is 23.1 Å². The van der Waals surface area contributed by atoms with Crippen molar-refractivity contribution >= 4 is 39.1 Å². The maximum absolute atomic E-state index is 14.0. The summed E-state index contributed by atoms with van der Waals surface area (Å²) in [4.78, 5) is 27.2. The highest BCUT2D eigenvalue weighted by Gasteiger charge is 2.47. The number of hydrogen-bond donors (Lipinski definition) is 1. The van der Waals surface area contributed by atoms with Crippen LogP contribution in [0.4, 0.5) is 10.1 Å². The Kier molecular flexibility index (Phi) is 5.03. The van der Waals surface area contributed by atoms with Crippen molar-refractivity contribution in [3.8, 4) is 0 Å². The molecule has 4 nitrogen and oxygen atoms in total. The molecule has 4 rings (SSSR count). The van der Waals surface area contributed by atoms with Crippen LogP contribution in [-0.2, 0) is 9.59 Å². The summed E-state index contributed by atoms with van der Waals surface area (Å²) < 4.78 is 14.7. The molecular weight excluding hydrogens is 437 g/mol. The minimum Gasteiger partial charge on any atom is -0.507 e. The predicted molar refractivity (Wildman–Crippen MR) is 112 cm³/mol. The van der Waals surface area contributed by atoms with Crippen LogP contribution in [0.3, 0.4) is 0 Å². The second-order valence-corrected chi connectivity index (χ2v) is 7.49. The first-order chi connectivity index (χ1) is 14.0. The molecule has 0 bridgehead atoms. The lowest BCUT2D eigenvalue weighted by molar-refractivity contribution is -0.132. The number of hydrogen-bond acceptors (Lipinski definition) is 3. The fourth-order valence-corrected chi connectivity index (χ4v) is 3.86. The summed E-state index contributed by atoms with van der Waals surface area (Å²) in [6, 6.07) is 20.1. The van der Waals surface area contributed by atoms with Crippen LogP contribution in [0.25, 0.3) is 5.76 Å². The number of carbonyl (C=O) groups excluding carboxylic acids is 2. The molecule has 1 saturated heterocycles. The molecule has 1 atom stereocenters. The van der Waals surface area contributed by atoms with Gasteiger partial charge < -0.3 is 5.11 Å². The van der Waals surface area contributed by atoms with Gasteiger partial charge in [-0.25, -0.2) is 4.39 Å². The Bertz CT molecular complexity index is 1140. The van der Waals surface area contributed by atoms with Crippen LogP contribution in [0, 0.1) is 5.82 Å². The molecular formula is C23H15BrFNO3. The first-order valence-corrected chi connectivity index (χ1v) is 9.64. The number of amides is 1. The zero-order valence-electron chi connectivity index (χ0n) is 15.0. The van der Waals surface area contributed by atoms with Gasteiger partial charge in [-0.15, -0.1) is 0 Å². The summed E-state index contributed by atoms with van der Waals surface area (Å²) in [6.07, 6.45) is 0. The van der Waals surface area contributed by atoms with Gasteiger partial charge in [-0.3, -0.25) is 14.5 Å². The van der Waals surface area contributed by atoms with Gasteiger partial charge in [0.25, 0.3) is 11.7 Å². The maximum Gasteiger partial charge on any atom is 0.300 e. The Labute approximate surface area is 175 Å². The molecule has 3 aromatic rings. The summed E-state index contributed by atoms with van der Waals surface area (Å²) in [5, 5.41) is 10.9. The van der Waals surface area contributed by atoms with Crippen LogP contribution < -0.4 is 4.90 Å². The average molecular weight is 452 g/mol. The molecule has 0 spiro atoms. The third-order valence-corrected chi connectivity index (χ3v) is 5.24. The van der Waals surface area contributed by atoms with Gasteiger partial charge in [-0.1, -0.05) is 64.5 Å². The van der Waals surface area contributed by atoms with Crippen molar-refractivity contribution in [1.29, 1.82) is 0 Å². The van der Waals surface area contributed by atoms with E-state index in [1.807, 2.05) is 0 Å². The molecule has 1 amide bonds. The summed E-state index contributed by atoms with van der Waals surface area (Å²) in [5.74, 6) is -2.40. The number of aliphatic hydroxyl groups is 1. The highest BCUT2D eigenvalue weighted by Crippen LogP contribution is 2.42. The third kappa shape index (κ3) is 3.47. The van der Waals surface area contributed by atoms with E-state index in [2.05, 4.69) is 15.9 Å². The van der Waals surface area contributed by atoms with Crippen LogP contribution in [0.5, 0.6) is 0 Å². The smallest absolute Gasteiger partial charge is 0.300 e. The Morgan fingerprint density at radius 1 is 0.931 bits per heavy atom. The standard InChI is InChI=1S/C23H15BrFNO3/c24-16-9-5-11-18(13-16)26-20(15-8-4-10-17(25)12-15)19(22(28)23(26)29)21(27)14-6-2-1-3-7-14/h1-13,20,27H/t20-/m0/s1. The molecule has 1 aliphatic heterocycles. The molecule has 29 heavy (non-hydrogen) atoms. The second kappa shape index (κ2) is 7.64. The number of Topliss-reactive ketones (excluding diaryl/α,β-unsaturated/α-hetero) is 1. The molecule has 1 heterocycles. The van der Waals surface area contributed by atoms with E-state index in [1.54, 1.807) is 60.7 Å². The van der Waals surface area contributed by atoms with Crippen molar-refractivity contribution in [1.82, 2.24) is 0 Å². The second-order valence-electron chi connectivity index (χ2n) is 6.57. The predicted octanol–water partition coefficient (Wildman–Crippen LogP) is 5.21. The lowest BCUT2D eigenvalue weighted by Crippen LogP contribution is -2.29. The summed E-state index contributed by atoms with van der Waals surface area (Å²) in [6.45, 7) is 0. The van der Waals surface area contributed by atoms with E-state index < -0.39 is 23.5 Å². The lowest BCUT2D eigenvalue weighted by atomic mass is 9.95. The molecule has 144 valence electrons. The van der Waals surface area contributed by atoms with E-state index in [0.29, 0.717) is 16.8 Å². The Morgan fingerprint density at radius 2 is 1.66 bits per heavy atom. The highest BCUT2D eigenvalue weighted by molar-refractivity contribution is 9.10. The van der Waals surface area contributed by atoms with Gasteiger partial charge in [0.2, 0.25) is 0 Å². The third-order valence-electron chi connectivity index (χ3n) is 4.74. The fourth-order valence-electron chi connectivity index (χ4n) is 3.47. The van der Waals surface area contributed by atoms with Crippen LogP contribution >= 0.6 is 15.9 Å². The van der Waals surface area contributed by atoms with Crippen molar-refractivity contribution in [2.24, 2.45) is 0 Å². The number of anilines is 1. The largest absolute Gasteiger partial charge is 0.507 e. The molecule has 1 N–H and O–H groups in total. The number of rotatable bonds is 3. The number of benzene rings is 3.